The van der Waals surface area contributed by atoms with E-state index in [1.165, 1.54) is 0 Å². The van der Waals surface area contributed by atoms with Gasteiger partial charge in [-0.05, 0) is 36.4 Å². The van der Waals surface area contributed by atoms with Gasteiger partial charge in [-0.3, -0.25) is 9.59 Å². The van der Waals surface area contributed by atoms with Crippen molar-refractivity contribution in [3.05, 3.63) is 95.7 Å². The van der Waals surface area contributed by atoms with Gasteiger partial charge in [0.15, 0.2) is 5.76 Å². The highest BCUT2D eigenvalue weighted by atomic mass is 16.5. The highest BCUT2D eigenvalue weighted by Gasteiger charge is 2.21. The van der Waals surface area contributed by atoms with E-state index in [9.17, 15) is 9.59 Å². The summed E-state index contributed by atoms with van der Waals surface area (Å²) in [7, 11) is 1.56. The topological polar surface area (TPSA) is 80.6 Å². The number of fused-ring (bicyclic) bond motifs is 1. The Hall–Kier alpha value is -4.06. The van der Waals surface area contributed by atoms with Crippen LogP contribution in [0.4, 0.5) is 5.69 Å². The number of carbonyl (C=O) groups excluding carboxylic acids is 2. The van der Waals surface area contributed by atoms with Crippen LogP contribution in [0.1, 0.15) is 26.5 Å². The zero-order chi connectivity index (χ0) is 20.9. The average molecular weight is 400 g/mol. The summed E-state index contributed by atoms with van der Waals surface area (Å²) in [5.41, 5.74) is 2.21. The van der Waals surface area contributed by atoms with E-state index >= 15 is 0 Å². The van der Waals surface area contributed by atoms with Crippen molar-refractivity contribution in [1.82, 2.24) is 5.32 Å². The molecule has 0 saturated heterocycles. The minimum Gasteiger partial charge on any atom is -0.489 e. The summed E-state index contributed by atoms with van der Waals surface area (Å²) in [6, 6.07) is 23.5. The second kappa shape index (κ2) is 8.53. The third-order valence-corrected chi connectivity index (χ3v) is 4.64. The number of nitrogens with one attached hydrogen (secondary N) is 2. The molecule has 0 radical (unpaired) electrons. The third kappa shape index (κ3) is 4.03. The van der Waals surface area contributed by atoms with Gasteiger partial charge in [0, 0.05) is 29.2 Å². The van der Waals surface area contributed by atoms with Crippen molar-refractivity contribution in [3.8, 4) is 5.75 Å². The number of anilines is 1. The fourth-order valence-electron chi connectivity index (χ4n) is 3.17. The highest BCUT2D eigenvalue weighted by molar-refractivity contribution is 6.07. The fourth-order valence-corrected chi connectivity index (χ4v) is 3.17. The molecular formula is C24H20N2O4. The molecule has 0 unspecified atom stereocenters. The lowest BCUT2D eigenvalue weighted by molar-refractivity contribution is 0.0960. The molecule has 6 nitrogen and oxygen atoms in total. The van der Waals surface area contributed by atoms with Crippen LogP contribution >= 0.6 is 0 Å². The van der Waals surface area contributed by atoms with Crippen LogP contribution in [0.2, 0.25) is 0 Å². The molecule has 3 aromatic carbocycles. The van der Waals surface area contributed by atoms with Crippen molar-refractivity contribution in [3.63, 3.8) is 0 Å². The van der Waals surface area contributed by atoms with Crippen LogP contribution in [-0.4, -0.2) is 18.9 Å². The molecule has 0 atom stereocenters. The molecule has 150 valence electrons. The molecule has 0 spiro atoms. The van der Waals surface area contributed by atoms with Crippen molar-refractivity contribution in [2.45, 2.75) is 6.61 Å². The van der Waals surface area contributed by atoms with E-state index in [2.05, 4.69) is 10.6 Å². The first-order chi connectivity index (χ1) is 14.7. The number of ether oxygens (including phenoxy) is 1. The Kier molecular flexibility index (Phi) is 5.48. The lowest BCUT2D eigenvalue weighted by Crippen LogP contribution is -2.18. The number of furan rings is 1. The van der Waals surface area contributed by atoms with Crippen LogP contribution in [0.25, 0.3) is 11.0 Å². The molecule has 4 aromatic rings. The fraction of sp³-hybridized carbons (Fsp3) is 0.0833. The molecule has 0 fully saturated rings. The molecule has 1 heterocycles. The Labute approximate surface area is 173 Å². The minimum atomic E-state index is -0.410. The molecule has 1 aromatic heterocycles. The van der Waals surface area contributed by atoms with Gasteiger partial charge >= 0.3 is 0 Å². The minimum absolute atomic E-state index is 0.178. The number of amides is 2. The van der Waals surface area contributed by atoms with Crippen molar-refractivity contribution in [2.24, 2.45) is 0 Å². The number of benzene rings is 3. The number of rotatable bonds is 6. The Morgan fingerprint density at radius 2 is 1.67 bits per heavy atom. The van der Waals surface area contributed by atoms with Crippen LogP contribution in [0.3, 0.4) is 0 Å². The summed E-state index contributed by atoms with van der Waals surface area (Å²) >= 11 is 0. The van der Waals surface area contributed by atoms with Gasteiger partial charge in [0.05, 0.1) is 0 Å². The quantitative estimate of drug-likeness (QED) is 0.495. The third-order valence-electron chi connectivity index (χ3n) is 4.64. The van der Waals surface area contributed by atoms with E-state index in [0.29, 0.717) is 28.1 Å². The number of para-hydroxylation sites is 2. The molecule has 0 aliphatic carbocycles. The lowest BCUT2D eigenvalue weighted by Gasteiger charge is -2.08. The van der Waals surface area contributed by atoms with Gasteiger partial charge in [-0.15, -0.1) is 0 Å². The smallest absolute Gasteiger partial charge is 0.291 e. The van der Waals surface area contributed by atoms with Gasteiger partial charge in [0.1, 0.15) is 17.9 Å². The van der Waals surface area contributed by atoms with Gasteiger partial charge in [-0.1, -0.05) is 42.5 Å². The first kappa shape index (κ1) is 19.3. The molecule has 0 saturated carbocycles. The first-order valence-electron chi connectivity index (χ1n) is 9.47. The molecule has 6 heteroatoms. The van der Waals surface area contributed by atoms with Crippen molar-refractivity contribution < 1.29 is 18.7 Å². The van der Waals surface area contributed by atoms with Gasteiger partial charge in [-0.25, -0.2) is 0 Å². The van der Waals surface area contributed by atoms with Gasteiger partial charge in [-0.2, -0.15) is 0 Å². The summed E-state index contributed by atoms with van der Waals surface area (Å²) in [6.07, 6.45) is 0. The van der Waals surface area contributed by atoms with Crippen molar-refractivity contribution in [2.75, 3.05) is 12.4 Å². The van der Waals surface area contributed by atoms with Crippen molar-refractivity contribution >= 4 is 28.5 Å². The average Bonchev–Trinajstić information content (AvgIpc) is 3.17. The lowest BCUT2D eigenvalue weighted by atomic mass is 10.1. The Balaban J connectivity index is 1.63. The van der Waals surface area contributed by atoms with E-state index < -0.39 is 5.91 Å². The molecule has 0 bridgehead atoms. The number of hydrogen-bond acceptors (Lipinski definition) is 4. The van der Waals surface area contributed by atoms with E-state index in [4.69, 9.17) is 9.15 Å². The monoisotopic (exact) mass is 400 g/mol. The maximum Gasteiger partial charge on any atom is 0.291 e. The number of hydrogen-bond donors (Lipinski definition) is 2. The number of carbonyl (C=O) groups is 2. The molecule has 0 aliphatic heterocycles. The molecular weight excluding hydrogens is 380 g/mol. The Bertz CT molecular complexity index is 1200. The SMILES string of the molecule is CNC(=O)c1cccc(NC(=O)c2oc3ccccc3c2COc2ccccc2)c1. The second-order valence-electron chi connectivity index (χ2n) is 6.62. The van der Waals surface area contributed by atoms with Gasteiger partial charge in [0.25, 0.3) is 11.8 Å². The van der Waals surface area contributed by atoms with E-state index in [1.54, 1.807) is 31.3 Å². The standard InChI is InChI=1S/C24H20N2O4/c1-25-23(27)16-8-7-9-17(14-16)26-24(28)22-20(15-29-18-10-3-2-4-11-18)19-12-5-6-13-21(19)30-22/h2-14H,15H2,1H3,(H,25,27)(H,26,28). The summed E-state index contributed by atoms with van der Waals surface area (Å²) in [4.78, 5) is 24.9. The normalized spacial score (nSPS) is 10.6. The Morgan fingerprint density at radius 1 is 0.900 bits per heavy atom. The first-order valence-corrected chi connectivity index (χ1v) is 9.47. The van der Waals surface area contributed by atoms with Crippen LogP contribution in [-0.2, 0) is 6.61 Å². The molecule has 4 rings (SSSR count). The summed E-state index contributed by atoms with van der Waals surface area (Å²) in [5.74, 6) is 0.239. The molecule has 30 heavy (non-hydrogen) atoms. The second-order valence-corrected chi connectivity index (χ2v) is 6.62. The van der Waals surface area contributed by atoms with Crippen molar-refractivity contribution in [1.29, 1.82) is 0 Å². The summed E-state index contributed by atoms with van der Waals surface area (Å²) in [6.45, 7) is 0.183. The maximum atomic E-state index is 13.0. The zero-order valence-corrected chi connectivity index (χ0v) is 16.3. The van der Waals surface area contributed by atoms with E-state index in [1.807, 2.05) is 54.6 Å². The van der Waals surface area contributed by atoms with E-state index in [-0.39, 0.29) is 18.3 Å². The molecule has 2 amide bonds. The zero-order valence-electron chi connectivity index (χ0n) is 16.3. The van der Waals surface area contributed by atoms with Gasteiger partial charge < -0.3 is 19.8 Å². The van der Waals surface area contributed by atoms with Crippen LogP contribution in [0, 0.1) is 0 Å². The predicted octanol–water partition coefficient (Wildman–Crippen LogP) is 4.62. The molecule has 0 aliphatic rings. The van der Waals surface area contributed by atoms with Crippen LogP contribution in [0.5, 0.6) is 5.75 Å². The predicted molar refractivity (Wildman–Crippen MR) is 115 cm³/mol. The van der Waals surface area contributed by atoms with Crippen LogP contribution < -0.4 is 15.4 Å². The largest absolute Gasteiger partial charge is 0.489 e. The molecule has 2 N–H and O–H groups in total. The van der Waals surface area contributed by atoms with E-state index in [0.717, 1.165) is 5.39 Å². The van der Waals surface area contributed by atoms with Crippen LogP contribution in [0.15, 0.2) is 83.3 Å². The summed E-state index contributed by atoms with van der Waals surface area (Å²) < 4.78 is 11.7. The van der Waals surface area contributed by atoms with Gasteiger partial charge in [0.2, 0.25) is 0 Å². The summed E-state index contributed by atoms with van der Waals surface area (Å²) in [5, 5.41) is 6.19. The highest BCUT2D eigenvalue weighted by Crippen LogP contribution is 2.28. The Morgan fingerprint density at radius 3 is 2.47 bits per heavy atom. The maximum absolute atomic E-state index is 13.0.